The Hall–Kier alpha value is -2.73. The SMILES string of the molecule is COCCNC(=O)c1cc(N)ccc1Nc1ccccc1OC. The molecule has 2 rings (SSSR count). The van der Waals surface area contributed by atoms with Crippen LogP contribution in [0.2, 0.25) is 0 Å². The summed E-state index contributed by atoms with van der Waals surface area (Å²) in [7, 11) is 3.18. The third kappa shape index (κ3) is 4.37. The van der Waals surface area contributed by atoms with E-state index in [9.17, 15) is 4.79 Å². The predicted octanol–water partition coefficient (Wildman–Crippen LogP) is 2.40. The summed E-state index contributed by atoms with van der Waals surface area (Å²) in [4.78, 5) is 12.3. The number of ether oxygens (including phenoxy) is 2. The Balaban J connectivity index is 2.26. The Morgan fingerprint density at radius 3 is 2.65 bits per heavy atom. The largest absolute Gasteiger partial charge is 0.495 e. The van der Waals surface area contributed by atoms with Crippen molar-refractivity contribution in [3.63, 3.8) is 0 Å². The fraction of sp³-hybridized carbons (Fsp3) is 0.235. The highest BCUT2D eigenvalue weighted by Crippen LogP contribution is 2.29. The maximum absolute atomic E-state index is 12.3. The predicted molar refractivity (Wildman–Crippen MR) is 91.3 cm³/mol. The first-order valence-corrected chi connectivity index (χ1v) is 7.22. The third-order valence-corrected chi connectivity index (χ3v) is 3.26. The van der Waals surface area contributed by atoms with Gasteiger partial charge in [0, 0.05) is 19.3 Å². The van der Waals surface area contributed by atoms with Crippen LogP contribution in [-0.2, 0) is 4.74 Å². The summed E-state index contributed by atoms with van der Waals surface area (Å²) in [5.41, 5.74) is 8.22. The van der Waals surface area contributed by atoms with E-state index >= 15 is 0 Å². The van der Waals surface area contributed by atoms with Crippen molar-refractivity contribution in [2.24, 2.45) is 0 Å². The number of hydrogen-bond donors (Lipinski definition) is 3. The van der Waals surface area contributed by atoms with Gasteiger partial charge in [-0.15, -0.1) is 0 Å². The van der Waals surface area contributed by atoms with Gasteiger partial charge in [-0.1, -0.05) is 12.1 Å². The van der Waals surface area contributed by atoms with Crippen molar-refractivity contribution in [2.75, 3.05) is 38.4 Å². The molecule has 0 atom stereocenters. The van der Waals surface area contributed by atoms with Crippen LogP contribution in [-0.4, -0.2) is 33.3 Å². The summed E-state index contributed by atoms with van der Waals surface area (Å²) in [5.74, 6) is 0.474. The van der Waals surface area contributed by atoms with Crippen LogP contribution in [0.15, 0.2) is 42.5 Å². The van der Waals surface area contributed by atoms with Gasteiger partial charge in [-0.3, -0.25) is 4.79 Å². The molecule has 0 aliphatic rings. The lowest BCUT2D eigenvalue weighted by Gasteiger charge is -2.15. The number of para-hydroxylation sites is 2. The van der Waals surface area contributed by atoms with Crippen molar-refractivity contribution in [1.29, 1.82) is 0 Å². The van der Waals surface area contributed by atoms with Gasteiger partial charge in [0.25, 0.3) is 5.91 Å². The summed E-state index contributed by atoms with van der Waals surface area (Å²) >= 11 is 0. The highest BCUT2D eigenvalue weighted by atomic mass is 16.5. The van der Waals surface area contributed by atoms with Gasteiger partial charge in [0.15, 0.2) is 0 Å². The second kappa shape index (κ2) is 8.05. The summed E-state index contributed by atoms with van der Waals surface area (Å²) in [6.07, 6.45) is 0. The van der Waals surface area contributed by atoms with E-state index in [4.69, 9.17) is 15.2 Å². The average Bonchev–Trinajstić information content (AvgIpc) is 2.57. The number of carbonyl (C=O) groups is 1. The van der Waals surface area contributed by atoms with Gasteiger partial charge in [-0.25, -0.2) is 0 Å². The van der Waals surface area contributed by atoms with E-state index in [-0.39, 0.29) is 5.91 Å². The van der Waals surface area contributed by atoms with Crippen LogP contribution in [0.25, 0.3) is 0 Å². The standard InChI is InChI=1S/C17H21N3O3/c1-22-10-9-19-17(21)13-11-12(18)7-8-14(13)20-15-5-3-4-6-16(15)23-2/h3-8,11,20H,9-10,18H2,1-2H3,(H,19,21). The molecular weight excluding hydrogens is 294 g/mol. The van der Waals surface area contributed by atoms with Crippen LogP contribution < -0.4 is 21.1 Å². The molecule has 0 spiro atoms. The molecule has 6 nitrogen and oxygen atoms in total. The smallest absolute Gasteiger partial charge is 0.253 e. The van der Waals surface area contributed by atoms with Crippen LogP contribution in [0.1, 0.15) is 10.4 Å². The summed E-state index contributed by atoms with van der Waals surface area (Å²) in [5, 5.41) is 6.01. The number of carbonyl (C=O) groups excluding carboxylic acids is 1. The van der Waals surface area contributed by atoms with Crippen LogP contribution >= 0.6 is 0 Å². The van der Waals surface area contributed by atoms with E-state index in [0.717, 1.165) is 5.69 Å². The highest BCUT2D eigenvalue weighted by Gasteiger charge is 2.13. The molecule has 0 aliphatic carbocycles. The van der Waals surface area contributed by atoms with Gasteiger partial charge in [-0.2, -0.15) is 0 Å². The van der Waals surface area contributed by atoms with Crippen molar-refractivity contribution >= 4 is 23.0 Å². The van der Waals surface area contributed by atoms with E-state index in [1.54, 1.807) is 32.4 Å². The van der Waals surface area contributed by atoms with Gasteiger partial charge >= 0.3 is 0 Å². The van der Waals surface area contributed by atoms with Gasteiger partial charge < -0.3 is 25.8 Å². The van der Waals surface area contributed by atoms with Crippen molar-refractivity contribution in [1.82, 2.24) is 5.32 Å². The molecule has 2 aromatic rings. The minimum Gasteiger partial charge on any atom is -0.495 e. The first-order chi connectivity index (χ1) is 11.2. The number of anilines is 3. The molecule has 2 aromatic carbocycles. The van der Waals surface area contributed by atoms with Crippen molar-refractivity contribution in [3.05, 3.63) is 48.0 Å². The lowest BCUT2D eigenvalue weighted by Crippen LogP contribution is -2.27. The van der Waals surface area contributed by atoms with Gasteiger partial charge in [-0.05, 0) is 30.3 Å². The van der Waals surface area contributed by atoms with Crippen molar-refractivity contribution < 1.29 is 14.3 Å². The molecule has 0 aliphatic heterocycles. The van der Waals surface area contributed by atoms with E-state index < -0.39 is 0 Å². The average molecular weight is 315 g/mol. The molecule has 0 aromatic heterocycles. The molecule has 4 N–H and O–H groups in total. The number of amides is 1. The molecule has 0 unspecified atom stereocenters. The molecule has 122 valence electrons. The maximum atomic E-state index is 12.3. The molecule has 23 heavy (non-hydrogen) atoms. The monoisotopic (exact) mass is 315 g/mol. The van der Waals surface area contributed by atoms with Gasteiger partial charge in [0.1, 0.15) is 5.75 Å². The maximum Gasteiger partial charge on any atom is 0.253 e. The number of nitrogens with two attached hydrogens (primary N) is 1. The molecule has 0 fully saturated rings. The van der Waals surface area contributed by atoms with E-state index in [2.05, 4.69) is 10.6 Å². The zero-order valence-corrected chi connectivity index (χ0v) is 13.3. The van der Waals surface area contributed by atoms with Crippen LogP contribution in [0.3, 0.4) is 0 Å². The third-order valence-electron chi connectivity index (χ3n) is 3.26. The molecule has 0 saturated heterocycles. The van der Waals surface area contributed by atoms with Crippen molar-refractivity contribution in [3.8, 4) is 5.75 Å². The van der Waals surface area contributed by atoms with Crippen LogP contribution in [0.5, 0.6) is 5.75 Å². The lowest BCUT2D eigenvalue weighted by atomic mass is 10.1. The van der Waals surface area contributed by atoms with E-state index in [1.807, 2.05) is 24.3 Å². The van der Waals surface area contributed by atoms with Crippen molar-refractivity contribution in [2.45, 2.75) is 0 Å². The Kier molecular flexibility index (Phi) is 5.82. The Bertz CT molecular complexity index is 674. The normalized spacial score (nSPS) is 10.2. The summed E-state index contributed by atoms with van der Waals surface area (Å²) in [6, 6.07) is 12.6. The highest BCUT2D eigenvalue weighted by molar-refractivity contribution is 6.01. The topological polar surface area (TPSA) is 85.6 Å². The Morgan fingerprint density at radius 1 is 1.13 bits per heavy atom. The van der Waals surface area contributed by atoms with E-state index in [0.29, 0.717) is 35.8 Å². The second-order valence-electron chi connectivity index (χ2n) is 4.88. The Labute approximate surface area is 135 Å². The first-order valence-electron chi connectivity index (χ1n) is 7.22. The number of methoxy groups -OCH3 is 2. The van der Waals surface area contributed by atoms with Crippen LogP contribution in [0, 0.1) is 0 Å². The number of rotatable bonds is 7. The molecule has 1 amide bonds. The summed E-state index contributed by atoms with van der Waals surface area (Å²) in [6.45, 7) is 0.877. The summed E-state index contributed by atoms with van der Waals surface area (Å²) < 4.78 is 10.3. The molecule has 0 bridgehead atoms. The van der Waals surface area contributed by atoms with Gasteiger partial charge in [0.05, 0.1) is 30.7 Å². The van der Waals surface area contributed by atoms with Gasteiger partial charge in [0.2, 0.25) is 0 Å². The number of nitrogens with one attached hydrogen (secondary N) is 2. The molecule has 0 radical (unpaired) electrons. The zero-order chi connectivity index (χ0) is 16.7. The lowest BCUT2D eigenvalue weighted by molar-refractivity contribution is 0.0938. The number of nitrogen functional groups attached to an aromatic ring is 1. The molecule has 0 saturated carbocycles. The molecule has 0 heterocycles. The van der Waals surface area contributed by atoms with E-state index in [1.165, 1.54) is 0 Å². The quantitative estimate of drug-likeness (QED) is 0.539. The number of hydrogen-bond acceptors (Lipinski definition) is 5. The molecule has 6 heteroatoms. The second-order valence-corrected chi connectivity index (χ2v) is 4.88. The van der Waals surface area contributed by atoms with Crippen LogP contribution in [0.4, 0.5) is 17.1 Å². The minimum absolute atomic E-state index is 0.216. The molecular formula is C17H21N3O3. The fourth-order valence-electron chi connectivity index (χ4n) is 2.11. The zero-order valence-electron chi connectivity index (χ0n) is 13.3. The fourth-order valence-corrected chi connectivity index (χ4v) is 2.11. The Morgan fingerprint density at radius 2 is 1.91 bits per heavy atom. The minimum atomic E-state index is -0.216. The first kappa shape index (κ1) is 16.6. The number of benzene rings is 2.